The third-order valence-electron chi connectivity index (χ3n) is 1.55. The fourth-order valence-corrected chi connectivity index (χ4v) is 1.07. The normalized spacial score (nSPS) is 7.33. The molecule has 0 spiro atoms. The Morgan fingerprint density at radius 3 is 2.07 bits per heavy atom. The number of hydrogen-bond acceptors (Lipinski definition) is 0. The molecule has 0 saturated carbocycles. The summed E-state index contributed by atoms with van der Waals surface area (Å²) in [5.41, 5.74) is 0. The molecule has 0 heterocycles. The molecule has 0 aromatic heterocycles. The molecule has 15 heavy (non-hydrogen) atoms. The first kappa shape index (κ1) is 20.9. The van der Waals surface area contributed by atoms with Crippen LogP contribution < -0.4 is 24.8 Å². The van der Waals surface area contributed by atoms with Gasteiger partial charge in [-0.2, -0.15) is 17.5 Å². The molecule has 0 aliphatic heterocycles. The van der Waals surface area contributed by atoms with Gasteiger partial charge < -0.3 is 24.8 Å². The van der Waals surface area contributed by atoms with Crippen LogP contribution in [0.3, 0.4) is 0 Å². The van der Waals surface area contributed by atoms with Crippen LogP contribution in [-0.2, 0) is 26.2 Å². The van der Waals surface area contributed by atoms with Gasteiger partial charge in [0.2, 0.25) is 0 Å². The molecule has 0 amide bonds. The Kier molecular flexibility index (Phi) is 17.5. The zero-order valence-corrected chi connectivity index (χ0v) is 13.8. The van der Waals surface area contributed by atoms with E-state index in [2.05, 4.69) is 55.6 Å². The fraction of sp³-hybridized carbons (Fsp3) is 0.182. The zero-order valence-electron chi connectivity index (χ0n) is 8.80. The molecule has 2 rings (SSSR count). The average Bonchev–Trinajstić information content (AvgIpc) is 2.52. The summed E-state index contributed by atoms with van der Waals surface area (Å²) in [5.74, 6) is 0. The second-order valence-electron chi connectivity index (χ2n) is 2.65. The largest absolute Gasteiger partial charge is 3.00 e. The Morgan fingerprint density at radius 1 is 1.00 bits per heavy atom. The second-order valence-corrected chi connectivity index (χ2v) is 3.65. The monoisotopic (exact) mass is 333 g/mol. The van der Waals surface area contributed by atoms with Gasteiger partial charge in [0.1, 0.15) is 0 Å². The molecule has 3 radical (unpaired) electrons. The Balaban J connectivity index is -0.000000220. The van der Waals surface area contributed by atoms with Crippen LogP contribution in [0.2, 0.25) is 13.1 Å². The number of rotatable bonds is 0. The van der Waals surface area contributed by atoms with Gasteiger partial charge in [-0.3, -0.25) is 0 Å². The maximum Gasteiger partial charge on any atom is 3.00 e. The smallest absolute Gasteiger partial charge is 1.00 e. The summed E-state index contributed by atoms with van der Waals surface area (Å²) < 4.78 is 0. The van der Waals surface area contributed by atoms with Gasteiger partial charge in [0, 0.05) is 9.52 Å². The summed E-state index contributed by atoms with van der Waals surface area (Å²) in [4.78, 5) is 0. The topological polar surface area (TPSA) is 0 Å². The van der Waals surface area contributed by atoms with Crippen LogP contribution in [0.25, 0.3) is 10.8 Å². The van der Waals surface area contributed by atoms with Crippen molar-refractivity contribution in [3.63, 3.8) is 0 Å². The summed E-state index contributed by atoms with van der Waals surface area (Å²) in [5, 5.41) is 2.66. The fourth-order valence-electron chi connectivity index (χ4n) is 1.07. The molecule has 2 aromatic rings. The van der Waals surface area contributed by atoms with Gasteiger partial charge in [-0.05, 0) is 0 Å². The zero-order chi connectivity index (χ0) is 8.81. The molecular weight excluding hydrogens is 322 g/mol. The molecule has 0 atom stereocenters. The van der Waals surface area contributed by atoms with Crippen LogP contribution in [0, 0.1) is 0 Å². The van der Waals surface area contributed by atoms with Crippen LogP contribution in [0.5, 0.6) is 0 Å². The molecule has 0 bridgehead atoms. The maximum atomic E-state index is 2.15. The Hall–Kier alpha value is 0.510. The molecule has 0 fully saturated rings. The standard InChI is InChI=1S/C9H7.C2H6Si.2ClH.Zr/c1-2-5-9-7-3-6-8(9)4-1;1-3-2;;;/h1-7H;1-2H3;2*1H;/q-1;;;;+3/p-2. The summed E-state index contributed by atoms with van der Waals surface area (Å²) in [7, 11) is 1.08. The summed E-state index contributed by atoms with van der Waals surface area (Å²) in [6.45, 7) is 4.31. The molecular formula is C11H13Cl2SiZr. The first-order valence-corrected chi connectivity index (χ1v) is 6.07. The minimum atomic E-state index is 0. The van der Waals surface area contributed by atoms with Gasteiger partial charge in [-0.15, -0.1) is 29.7 Å². The van der Waals surface area contributed by atoms with E-state index >= 15 is 0 Å². The van der Waals surface area contributed by atoms with Gasteiger partial charge in [0.25, 0.3) is 0 Å². The van der Waals surface area contributed by atoms with Crippen molar-refractivity contribution in [2.45, 2.75) is 13.1 Å². The van der Waals surface area contributed by atoms with E-state index in [0.717, 1.165) is 9.52 Å². The summed E-state index contributed by atoms with van der Waals surface area (Å²) in [6.07, 6.45) is 0. The van der Waals surface area contributed by atoms with E-state index in [1.165, 1.54) is 10.8 Å². The van der Waals surface area contributed by atoms with Crippen LogP contribution in [0.4, 0.5) is 0 Å². The number of fused-ring (bicyclic) bond motifs is 1. The van der Waals surface area contributed by atoms with Crippen LogP contribution in [0.1, 0.15) is 0 Å². The van der Waals surface area contributed by atoms with Crippen molar-refractivity contribution in [3.8, 4) is 0 Å². The number of hydrogen-bond donors (Lipinski definition) is 0. The van der Waals surface area contributed by atoms with E-state index in [1.54, 1.807) is 0 Å². The molecule has 2 aromatic carbocycles. The maximum absolute atomic E-state index is 2.15. The van der Waals surface area contributed by atoms with Crippen LogP contribution in [0.15, 0.2) is 42.5 Å². The van der Waals surface area contributed by atoms with E-state index in [0.29, 0.717) is 0 Å². The minimum absolute atomic E-state index is 0. The summed E-state index contributed by atoms with van der Waals surface area (Å²) >= 11 is 0. The van der Waals surface area contributed by atoms with E-state index < -0.39 is 0 Å². The third kappa shape index (κ3) is 7.41. The van der Waals surface area contributed by atoms with Crippen molar-refractivity contribution in [3.05, 3.63) is 42.5 Å². The summed E-state index contributed by atoms with van der Waals surface area (Å²) in [6, 6.07) is 14.7. The molecule has 0 aliphatic rings. The van der Waals surface area contributed by atoms with Crippen molar-refractivity contribution in [1.29, 1.82) is 0 Å². The molecule has 0 N–H and O–H groups in total. The number of halogens is 2. The van der Waals surface area contributed by atoms with Crippen molar-refractivity contribution >= 4 is 20.3 Å². The Morgan fingerprint density at radius 2 is 1.53 bits per heavy atom. The van der Waals surface area contributed by atoms with E-state index in [9.17, 15) is 0 Å². The first-order valence-electron chi connectivity index (χ1n) is 4.07. The van der Waals surface area contributed by atoms with Crippen molar-refractivity contribution in [1.82, 2.24) is 0 Å². The number of benzene rings is 1. The molecule has 0 nitrogen and oxygen atoms in total. The van der Waals surface area contributed by atoms with Crippen molar-refractivity contribution in [2.75, 3.05) is 0 Å². The Bertz CT molecular complexity index is 306. The SMILES string of the molecule is C[Si]C.[Cl-].[Cl-].[Zr+3].c1ccc2[cH-]ccc2c1. The molecule has 4 heteroatoms. The van der Waals surface area contributed by atoms with Crippen LogP contribution >= 0.6 is 0 Å². The minimum Gasteiger partial charge on any atom is -1.00 e. The molecule has 0 aliphatic carbocycles. The molecule has 0 unspecified atom stereocenters. The van der Waals surface area contributed by atoms with E-state index in [-0.39, 0.29) is 51.0 Å². The second kappa shape index (κ2) is 12.6. The van der Waals surface area contributed by atoms with E-state index in [4.69, 9.17) is 0 Å². The average molecular weight is 335 g/mol. The molecule has 0 saturated heterocycles. The predicted octanol–water partition coefficient (Wildman–Crippen LogP) is -2.65. The van der Waals surface area contributed by atoms with Crippen molar-refractivity contribution < 1.29 is 51.0 Å². The van der Waals surface area contributed by atoms with E-state index in [1.807, 2.05) is 0 Å². The van der Waals surface area contributed by atoms with Crippen LogP contribution in [-0.4, -0.2) is 9.52 Å². The van der Waals surface area contributed by atoms with Gasteiger partial charge in [0.05, 0.1) is 0 Å². The van der Waals surface area contributed by atoms with Gasteiger partial charge >= 0.3 is 26.2 Å². The third-order valence-corrected chi connectivity index (χ3v) is 1.55. The van der Waals surface area contributed by atoms with Crippen molar-refractivity contribution in [2.24, 2.45) is 0 Å². The van der Waals surface area contributed by atoms with Gasteiger partial charge in [-0.25, -0.2) is 0 Å². The molecule has 79 valence electrons. The first-order chi connectivity index (χ1) is 5.88. The predicted molar refractivity (Wildman–Crippen MR) is 57.0 cm³/mol. The Labute approximate surface area is 126 Å². The van der Waals surface area contributed by atoms with Gasteiger partial charge in [-0.1, -0.05) is 19.2 Å². The van der Waals surface area contributed by atoms with Gasteiger partial charge in [0.15, 0.2) is 0 Å². The quantitative estimate of drug-likeness (QED) is 0.365.